The van der Waals surface area contributed by atoms with Crippen molar-refractivity contribution in [1.29, 1.82) is 0 Å². The predicted molar refractivity (Wildman–Crippen MR) is 89.9 cm³/mol. The Morgan fingerprint density at radius 3 is 2.65 bits per heavy atom. The van der Waals surface area contributed by atoms with Gasteiger partial charge in [-0.05, 0) is 46.6 Å². The number of fused-ring (bicyclic) bond motifs is 1. The van der Waals surface area contributed by atoms with Gasteiger partial charge in [0.1, 0.15) is 11.5 Å². The highest BCUT2D eigenvalue weighted by atomic mass is 79.9. The van der Waals surface area contributed by atoms with Crippen molar-refractivity contribution in [3.63, 3.8) is 0 Å². The summed E-state index contributed by atoms with van der Waals surface area (Å²) in [6, 6.07) is 6.29. The first-order valence-corrected chi connectivity index (χ1v) is 8.20. The summed E-state index contributed by atoms with van der Waals surface area (Å²) < 4.78 is 15.3. The van der Waals surface area contributed by atoms with Crippen LogP contribution in [0.4, 0.5) is 4.39 Å². The molecule has 23 heavy (non-hydrogen) atoms. The molecule has 0 spiro atoms. The van der Waals surface area contributed by atoms with Gasteiger partial charge >= 0.3 is 0 Å². The van der Waals surface area contributed by atoms with E-state index in [1.54, 1.807) is 31.3 Å². The molecule has 118 valence electrons. The fourth-order valence-corrected chi connectivity index (χ4v) is 3.67. The second-order valence-corrected chi connectivity index (χ2v) is 6.78. The maximum absolute atomic E-state index is 13.9. The molecule has 0 saturated heterocycles. The Morgan fingerprint density at radius 2 is 2.00 bits per heavy atom. The van der Waals surface area contributed by atoms with Crippen LogP contribution < -0.4 is 10.9 Å². The summed E-state index contributed by atoms with van der Waals surface area (Å²) in [4.78, 5) is 27.2. The number of nitrogens with one attached hydrogen (secondary N) is 3. The fourth-order valence-electron chi connectivity index (χ4n) is 2.21. The highest BCUT2D eigenvalue weighted by molar-refractivity contribution is 9.10. The summed E-state index contributed by atoms with van der Waals surface area (Å²) in [5.74, 6) is -1.33. The molecule has 2 heterocycles. The van der Waals surface area contributed by atoms with Crippen LogP contribution in [0.2, 0.25) is 0 Å². The van der Waals surface area contributed by atoms with Crippen molar-refractivity contribution in [3.8, 4) is 0 Å². The van der Waals surface area contributed by atoms with Crippen LogP contribution >= 0.6 is 27.3 Å². The Kier molecular flexibility index (Phi) is 4.18. The minimum absolute atomic E-state index is 0.302. The van der Waals surface area contributed by atoms with E-state index in [9.17, 15) is 14.0 Å². The van der Waals surface area contributed by atoms with E-state index in [4.69, 9.17) is 0 Å². The molecule has 3 rings (SSSR count). The zero-order valence-electron chi connectivity index (χ0n) is 11.9. The fraction of sp³-hybridized carbons (Fsp3) is 0.0667. The van der Waals surface area contributed by atoms with E-state index in [2.05, 4.69) is 31.8 Å². The van der Waals surface area contributed by atoms with Crippen molar-refractivity contribution in [2.45, 2.75) is 6.92 Å². The van der Waals surface area contributed by atoms with Gasteiger partial charge in [-0.2, -0.15) is 0 Å². The number of thiophene rings is 1. The van der Waals surface area contributed by atoms with Crippen LogP contribution in [0.25, 0.3) is 10.1 Å². The van der Waals surface area contributed by atoms with Gasteiger partial charge in [-0.25, -0.2) is 4.39 Å². The summed E-state index contributed by atoms with van der Waals surface area (Å²) in [5, 5.41) is 0.433. The zero-order valence-corrected chi connectivity index (χ0v) is 14.3. The lowest BCUT2D eigenvalue weighted by Crippen LogP contribution is -2.41. The maximum Gasteiger partial charge on any atom is 0.286 e. The molecule has 5 nitrogen and oxygen atoms in total. The van der Waals surface area contributed by atoms with Gasteiger partial charge in [0.15, 0.2) is 0 Å². The molecule has 2 amide bonds. The van der Waals surface area contributed by atoms with Crippen molar-refractivity contribution in [1.82, 2.24) is 15.8 Å². The van der Waals surface area contributed by atoms with Gasteiger partial charge in [-0.1, -0.05) is 6.07 Å². The number of hydrogen-bond acceptors (Lipinski definition) is 3. The number of carbonyl (C=O) groups excluding carboxylic acids is 2. The molecule has 0 atom stereocenters. The quantitative estimate of drug-likeness (QED) is 0.580. The van der Waals surface area contributed by atoms with Crippen molar-refractivity contribution < 1.29 is 14.0 Å². The van der Waals surface area contributed by atoms with E-state index < -0.39 is 11.8 Å². The smallest absolute Gasteiger partial charge is 0.286 e. The second-order valence-electron chi connectivity index (χ2n) is 4.81. The lowest BCUT2D eigenvalue weighted by molar-refractivity contribution is 0.0846. The Bertz CT molecular complexity index is 919. The third-order valence-corrected chi connectivity index (χ3v) is 5.00. The molecule has 3 aromatic rings. The molecule has 0 aliphatic heterocycles. The molecule has 0 radical (unpaired) electrons. The molecule has 8 heteroatoms. The van der Waals surface area contributed by atoms with E-state index in [0.29, 0.717) is 26.2 Å². The van der Waals surface area contributed by atoms with Crippen LogP contribution in [0.3, 0.4) is 0 Å². The Balaban J connectivity index is 1.77. The standard InChI is InChI=1S/C15H11BrFN3O2S/c1-7-12-9(17)3-2-4-11(12)23-13(7)15(22)20-19-14(21)10-5-8(16)6-18-10/h2-6,18H,1H3,(H,19,21)(H,20,22). The molecule has 1 aromatic carbocycles. The molecule has 0 bridgehead atoms. The molecular weight excluding hydrogens is 385 g/mol. The molecule has 0 unspecified atom stereocenters. The Hall–Kier alpha value is -2.19. The third-order valence-electron chi connectivity index (χ3n) is 3.29. The molecule has 2 aromatic heterocycles. The van der Waals surface area contributed by atoms with Gasteiger partial charge in [0.25, 0.3) is 11.8 Å². The number of aromatic nitrogens is 1. The minimum atomic E-state index is -0.484. The van der Waals surface area contributed by atoms with Crippen molar-refractivity contribution in [3.05, 3.63) is 56.9 Å². The number of benzene rings is 1. The van der Waals surface area contributed by atoms with E-state index in [-0.39, 0.29) is 5.82 Å². The number of rotatable bonds is 2. The van der Waals surface area contributed by atoms with Crippen molar-refractivity contribution >= 4 is 49.2 Å². The summed E-state index contributed by atoms with van der Waals surface area (Å²) >= 11 is 4.40. The molecule has 0 fully saturated rings. The number of hydrogen-bond donors (Lipinski definition) is 3. The van der Waals surface area contributed by atoms with Crippen LogP contribution in [-0.4, -0.2) is 16.8 Å². The molecule has 3 N–H and O–H groups in total. The molecule has 0 saturated carbocycles. The van der Waals surface area contributed by atoms with E-state index in [1.165, 1.54) is 17.4 Å². The van der Waals surface area contributed by atoms with E-state index in [0.717, 1.165) is 4.47 Å². The van der Waals surface area contributed by atoms with Crippen molar-refractivity contribution in [2.75, 3.05) is 0 Å². The normalized spacial score (nSPS) is 10.7. The minimum Gasteiger partial charge on any atom is -0.356 e. The van der Waals surface area contributed by atoms with Crippen molar-refractivity contribution in [2.24, 2.45) is 0 Å². The van der Waals surface area contributed by atoms with Crippen LogP contribution in [0.15, 0.2) is 34.9 Å². The summed E-state index contributed by atoms with van der Waals surface area (Å²) in [6.45, 7) is 1.68. The number of halogens is 2. The van der Waals surface area contributed by atoms with Crippen LogP contribution in [0.5, 0.6) is 0 Å². The highest BCUT2D eigenvalue weighted by Crippen LogP contribution is 2.32. The van der Waals surface area contributed by atoms with Gasteiger partial charge in [-0.15, -0.1) is 11.3 Å². The lowest BCUT2D eigenvalue weighted by Gasteiger charge is -2.05. The van der Waals surface area contributed by atoms with Crippen LogP contribution in [0.1, 0.15) is 25.7 Å². The SMILES string of the molecule is Cc1c(C(=O)NNC(=O)c2cc(Br)c[nH]2)sc2cccc(F)c12. The summed E-state index contributed by atoms with van der Waals surface area (Å²) in [5.41, 5.74) is 5.52. The Labute approximate surface area is 143 Å². The second kappa shape index (κ2) is 6.13. The van der Waals surface area contributed by atoms with E-state index in [1.807, 2.05) is 0 Å². The first kappa shape index (κ1) is 15.7. The van der Waals surface area contributed by atoms with Gasteiger partial charge in [0.05, 0.1) is 4.88 Å². The number of aryl methyl sites for hydroxylation is 1. The van der Waals surface area contributed by atoms with Gasteiger partial charge in [0, 0.05) is 20.8 Å². The zero-order chi connectivity index (χ0) is 16.6. The number of hydrazine groups is 1. The summed E-state index contributed by atoms with van der Waals surface area (Å²) in [6.07, 6.45) is 1.61. The maximum atomic E-state index is 13.9. The third kappa shape index (κ3) is 2.99. The number of carbonyl (C=O) groups is 2. The van der Waals surface area contributed by atoms with Crippen LogP contribution in [-0.2, 0) is 0 Å². The average molecular weight is 396 g/mol. The Morgan fingerprint density at radius 1 is 1.26 bits per heavy atom. The molecule has 0 aliphatic rings. The molecule has 0 aliphatic carbocycles. The number of aromatic amines is 1. The first-order valence-electron chi connectivity index (χ1n) is 6.59. The monoisotopic (exact) mass is 395 g/mol. The van der Waals surface area contributed by atoms with Crippen LogP contribution in [0, 0.1) is 12.7 Å². The highest BCUT2D eigenvalue weighted by Gasteiger charge is 2.18. The predicted octanol–water partition coefficient (Wildman–Crippen LogP) is 3.51. The number of H-pyrrole nitrogens is 1. The average Bonchev–Trinajstić information content (AvgIpc) is 3.09. The largest absolute Gasteiger partial charge is 0.356 e. The van der Waals surface area contributed by atoms with E-state index >= 15 is 0 Å². The number of amides is 2. The topological polar surface area (TPSA) is 74.0 Å². The lowest BCUT2D eigenvalue weighted by atomic mass is 10.1. The van der Waals surface area contributed by atoms with Gasteiger partial charge in [0.2, 0.25) is 0 Å². The molecular formula is C15H11BrFN3O2S. The van der Waals surface area contributed by atoms with Gasteiger partial charge in [-0.3, -0.25) is 20.4 Å². The van der Waals surface area contributed by atoms with Gasteiger partial charge < -0.3 is 4.98 Å². The summed E-state index contributed by atoms with van der Waals surface area (Å²) in [7, 11) is 0. The first-order chi connectivity index (χ1) is 11.0.